The zero-order valence-corrected chi connectivity index (χ0v) is 10.7. The number of carbonyl (C=O) groups excluding carboxylic acids is 1. The molecule has 1 rings (SSSR count). The third-order valence-corrected chi connectivity index (χ3v) is 2.88. The van der Waals surface area contributed by atoms with Crippen LogP contribution < -0.4 is 11.1 Å². The van der Waals surface area contributed by atoms with Gasteiger partial charge in [-0.1, -0.05) is 18.5 Å². The number of nitrogens with one attached hydrogen (secondary N) is 1. The summed E-state index contributed by atoms with van der Waals surface area (Å²) in [5.41, 5.74) is 5.47. The molecule has 0 aliphatic heterocycles. The molecule has 1 aromatic rings. The Kier molecular flexibility index (Phi) is 4.37. The van der Waals surface area contributed by atoms with Crippen molar-refractivity contribution in [3.05, 3.63) is 28.8 Å². The van der Waals surface area contributed by atoms with Crippen LogP contribution in [0.3, 0.4) is 0 Å². The first-order valence-electron chi connectivity index (χ1n) is 5.41. The minimum absolute atomic E-state index is 0.185. The molecule has 0 aromatic heterocycles. The molecule has 0 saturated heterocycles. The minimum atomic E-state index is -0.906. The average Bonchev–Trinajstić information content (AvgIpc) is 2.26. The molecule has 0 bridgehead atoms. The van der Waals surface area contributed by atoms with Gasteiger partial charge in [0.25, 0.3) is 5.91 Å². The molecule has 0 aliphatic rings. The largest absolute Gasteiger partial charge is 0.398 e. The Morgan fingerprint density at radius 1 is 1.59 bits per heavy atom. The van der Waals surface area contributed by atoms with Crippen molar-refractivity contribution in [2.75, 3.05) is 12.3 Å². The smallest absolute Gasteiger partial charge is 0.253 e. The van der Waals surface area contributed by atoms with Crippen molar-refractivity contribution in [1.29, 1.82) is 0 Å². The second kappa shape index (κ2) is 5.38. The molecule has 0 aliphatic carbocycles. The van der Waals surface area contributed by atoms with Crippen LogP contribution in [0.5, 0.6) is 0 Å². The van der Waals surface area contributed by atoms with E-state index in [-0.39, 0.29) is 12.5 Å². The van der Waals surface area contributed by atoms with Crippen LogP contribution in [0.15, 0.2) is 18.2 Å². The van der Waals surface area contributed by atoms with Gasteiger partial charge in [0.2, 0.25) is 0 Å². The molecule has 1 aromatic carbocycles. The topological polar surface area (TPSA) is 75.3 Å². The summed E-state index contributed by atoms with van der Waals surface area (Å²) in [7, 11) is 0. The first-order valence-corrected chi connectivity index (χ1v) is 5.79. The number of anilines is 1. The van der Waals surface area contributed by atoms with Crippen LogP contribution >= 0.6 is 11.6 Å². The fourth-order valence-corrected chi connectivity index (χ4v) is 1.41. The number of hydrogen-bond acceptors (Lipinski definition) is 3. The minimum Gasteiger partial charge on any atom is -0.398 e. The molecule has 0 spiro atoms. The van der Waals surface area contributed by atoms with E-state index in [0.717, 1.165) is 0 Å². The van der Waals surface area contributed by atoms with Crippen molar-refractivity contribution in [2.45, 2.75) is 25.9 Å². The lowest BCUT2D eigenvalue weighted by Gasteiger charge is -2.21. The first-order chi connectivity index (χ1) is 7.85. The summed E-state index contributed by atoms with van der Waals surface area (Å²) in [5.74, 6) is -0.312. The predicted molar refractivity (Wildman–Crippen MR) is 69.1 cm³/mol. The van der Waals surface area contributed by atoms with Crippen LogP contribution in [0.1, 0.15) is 30.6 Å². The highest BCUT2D eigenvalue weighted by atomic mass is 35.5. The van der Waals surface area contributed by atoms with Crippen LogP contribution in [-0.4, -0.2) is 23.2 Å². The quantitative estimate of drug-likeness (QED) is 0.720. The van der Waals surface area contributed by atoms with Crippen LogP contribution in [0, 0.1) is 0 Å². The summed E-state index contributed by atoms with van der Waals surface area (Å²) < 4.78 is 0. The molecule has 94 valence electrons. The van der Waals surface area contributed by atoms with E-state index in [1.807, 2.05) is 6.92 Å². The fraction of sp³-hybridized carbons (Fsp3) is 0.417. The number of nitrogen functional groups attached to an aromatic ring is 1. The monoisotopic (exact) mass is 256 g/mol. The van der Waals surface area contributed by atoms with E-state index in [4.69, 9.17) is 17.3 Å². The van der Waals surface area contributed by atoms with Crippen molar-refractivity contribution in [1.82, 2.24) is 5.32 Å². The number of hydrogen-bond donors (Lipinski definition) is 3. The van der Waals surface area contributed by atoms with Crippen molar-refractivity contribution < 1.29 is 9.90 Å². The third-order valence-electron chi connectivity index (χ3n) is 2.65. The Morgan fingerprint density at radius 3 is 2.76 bits per heavy atom. The van der Waals surface area contributed by atoms with E-state index < -0.39 is 5.60 Å². The second-order valence-electron chi connectivity index (χ2n) is 4.26. The molecule has 4 nitrogen and oxygen atoms in total. The fourth-order valence-electron chi connectivity index (χ4n) is 1.23. The molecule has 0 saturated carbocycles. The van der Waals surface area contributed by atoms with Crippen LogP contribution in [0.4, 0.5) is 5.69 Å². The summed E-state index contributed by atoms with van der Waals surface area (Å²) in [5, 5.41) is 12.9. The molecular formula is C12H17ClN2O2. The molecule has 0 fully saturated rings. The Bertz CT molecular complexity index is 419. The van der Waals surface area contributed by atoms with Gasteiger partial charge in [0.15, 0.2) is 0 Å². The molecule has 1 unspecified atom stereocenters. The van der Waals surface area contributed by atoms with E-state index >= 15 is 0 Å². The van der Waals surface area contributed by atoms with Gasteiger partial charge in [0.05, 0.1) is 11.2 Å². The molecule has 4 N–H and O–H groups in total. The Hall–Kier alpha value is -1.26. The number of rotatable bonds is 4. The summed E-state index contributed by atoms with van der Waals surface area (Å²) in [4.78, 5) is 11.8. The van der Waals surface area contributed by atoms with Gasteiger partial charge in [-0.2, -0.15) is 0 Å². The van der Waals surface area contributed by atoms with Gasteiger partial charge in [-0.3, -0.25) is 4.79 Å². The summed E-state index contributed by atoms with van der Waals surface area (Å²) in [6.45, 7) is 3.70. The summed E-state index contributed by atoms with van der Waals surface area (Å²) >= 11 is 5.74. The average molecular weight is 257 g/mol. The van der Waals surface area contributed by atoms with E-state index in [9.17, 15) is 9.90 Å². The standard InChI is InChI=1S/C12H17ClN2O2/c1-3-12(2,17)7-15-11(16)9-5-4-8(13)6-10(9)14/h4-6,17H,3,7,14H2,1-2H3,(H,15,16). The highest BCUT2D eigenvalue weighted by molar-refractivity contribution is 6.31. The number of aliphatic hydroxyl groups is 1. The number of amides is 1. The molecule has 5 heteroatoms. The van der Waals surface area contributed by atoms with Crippen molar-refractivity contribution >= 4 is 23.2 Å². The van der Waals surface area contributed by atoms with Crippen molar-refractivity contribution in [3.63, 3.8) is 0 Å². The molecule has 17 heavy (non-hydrogen) atoms. The van der Waals surface area contributed by atoms with Gasteiger partial charge in [-0.25, -0.2) is 0 Å². The van der Waals surface area contributed by atoms with Gasteiger partial charge < -0.3 is 16.2 Å². The zero-order chi connectivity index (χ0) is 13.1. The number of carbonyl (C=O) groups is 1. The van der Waals surface area contributed by atoms with E-state index in [1.165, 1.54) is 6.07 Å². The molecular weight excluding hydrogens is 240 g/mol. The van der Waals surface area contributed by atoms with Crippen LogP contribution in [0.2, 0.25) is 5.02 Å². The second-order valence-corrected chi connectivity index (χ2v) is 4.70. The number of benzene rings is 1. The van der Waals surface area contributed by atoms with Gasteiger partial charge >= 0.3 is 0 Å². The molecule has 0 radical (unpaired) electrons. The Balaban J connectivity index is 2.71. The summed E-state index contributed by atoms with van der Waals surface area (Å²) in [6, 6.07) is 4.69. The SMILES string of the molecule is CCC(C)(O)CNC(=O)c1ccc(Cl)cc1N. The number of halogens is 1. The van der Waals surface area contributed by atoms with E-state index in [2.05, 4.69) is 5.32 Å². The first kappa shape index (κ1) is 13.8. The van der Waals surface area contributed by atoms with E-state index in [1.54, 1.807) is 19.1 Å². The highest BCUT2D eigenvalue weighted by Gasteiger charge is 2.19. The lowest BCUT2D eigenvalue weighted by molar-refractivity contribution is 0.0518. The van der Waals surface area contributed by atoms with Gasteiger partial charge in [-0.15, -0.1) is 0 Å². The van der Waals surface area contributed by atoms with Crippen molar-refractivity contribution in [3.8, 4) is 0 Å². The Morgan fingerprint density at radius 2 is 2.24 bits per heavy atom. The molecule has 1 amide bonds. The van der Waals surface area contributed by atoms with Crippen LogP contribution in [0.25, 0.3) is 0 Å². The van der Waals surface area contributed by atoms with Gasteiger partial charge in [-0.05, 0) is 31.5 Å². The lowest BCUT2D eigenvalue weighted by atomic mass is 10.0. The van der Waals surface area contributed by atoms with Gasteiger partial charge in [0, 0.05) is 17.3 Å². The molecule has 0 heterocycles. The van der Waals surface area contributed by atoms with Crippen molar-refractivity contribution in [2.24, 2.45) is 0 Å². The normalized spacial score (nSPS) is 14.1. The number of nitrogens with two attached hydrogens (primary N) is 1. The lowest BCUT2D eigenvalue weighted by Crippen LogP contribution is -2.40. The zero-order valence-electron chi connectivity index (χ0n) is 9.96. The Labute approximate surface area is 106 Å². The predicted octanol–water partition coefficient (Wildman–Crippen LogP) is 1.81. The maximum absolute atomic E-state index is 11.8. The maximum Gasteiger partial charge on any atom is 0.253 e. The molecule has 1 atom stereocenters. The summed E-state index contributed by atoms with van der Waals surface area (Å²) in [6.07, 6.45) is 0.559. The van der Waals surface area contributed by atoms with Gasteiger partial charge in [0.1, 0.15) is 0 Å². The maximum atomic E-state index is 11.8. The van der Waals surface area contributed by atoms with Crippen LogP contribution in [-0.2, 0) is 0 Å². The van der Waals surface area contributed by atoms with E-state index in [0.29, 0.717) is 22.7 Å². The highest BCUT2D eigenvalue weighted by Crippen LogP contribution is 2.18. The third kappa shape index (κ3) is 3.91.